The number of benzene rings is 2. The van der Waals surface area contributed by atoms with Gasteiger partial charge in [0.15, 0.2) is 0 Å². The fourth-order valence-corrected chi connectivity index (χ4v) is 2.58. The molecule has 1 heterocycles. The van der Waals surface area contributed by atoms with E-state index in [1.54, 1.807) is 47.3 Å². The quantitative estimate of drug-likeness (QED) is 0.620. The Morgan fingerprint density at radius 3 is 1.93 bits per heavy atom. The lowest BCUT2D eigenvalue weighted by molar-refractivity contribution is 0.0927. The molecule has 0 aliphatic heterocycles. The molecule has 2 N–H and O–H groups in total. The first kappa shape index (κ1) is 18.9. The summed E-state index contributed by atoms with van der Waals surface area (Å²) in [5.41, 5.74) is 1.73. The van der Waals surface area contributed by atoms with E-state index in [9.17, 15) is 9.59 Å². The minimum atomic E-state index is -0.268. The molecule has 3 rings (SSSR count). The summed E-state index contributed by atoms with van der Waals surface area (Å²) in [4.78, 5) is 24.1. The summed E-state index contributed by atoms with van der Waals surface area (Å²) < 4.78 is 1.59. The van der Waals surface area contributed by atoms with Gasteiger partial charge in [-0.25, -0.2) is 4.68 Å². The van der Waals surface area contributed by atoms with Crippen LogP contribution in [0.1, 0.15) is 20.7 Å². The Labute approximate surface area is 166 Å². The van der Waals surface area contributed by atoms with Crippen molar-refractivity contribution in [2.45, 2.75) is 0 Å². The second-order valence-corrected chi connectivity index (χ2v) is 6.54. The normalized spacial score (nSPS) is 10.4. The number of halogens is 2. The number of rotatable bonds is 6. The Morgan fingerprint density at radius 2 is 1.33 bits per heavy atom. The van der Waals surface area contributed by atoms with Crippen LogP contribution in [0.15, 0.2) is 60.9 Å². The highest BCUT2D eigenvalue weighted by atomic mass is 35.5. The lowest BCUT2D eigenvalue weighted by Gasteiger charge is -2.06. The molecule has 1 aromatic heterocycles. The highest BCUT2D eigenvalue weighted by Crippen LogP contribution is 2.13. The average molecular weight is 403 g/mol. The van der Waals surface area contributed by atoms with E-state index in [-0.39, 0.29) is 11.8 Å². The van der Waals surface area contributed by atoms with Crippen LogP contribution in [-0.4, -0.2) is 34.7 Å². The van der Waals surface area contributed by atoms with Gasteiger partial charge in [-0.1, -0.05) is 23.2 Å². The fraction of sp³-hybridized carbons (Fsp3) is 0.105. The summed E-state index contributed by atoms with van der Waals surface area (Å²) in [5, 5.41) is 10.8. The third-order valence-electron chi connectivity index (χ3n) is 3.74. The van der Waals surface area contributed by atoms with Gasteiger partial charge in [0.05, 0.1) is 17.4 Å². The first-order chi connectivity index (χ1) is 13.0. The number of amides is 2. The van der Waals surface area contributed by atoms with Crippen molar-refractivity contribution in [3.63, 3.8) is 0 Å². The van der Waals surface area contributed by atoms with E-state index in [1.807, 2.05) is 12.1 Å². The number of aromatic nitrogens is 2. The molecule has 0 saturated heterocycles. The first-order valence-corrected chi connectivity index (χ1v) is 8.91. The molecule has 0 aliphatic carbocycles. The van der Waals surface area contributed by atoms with Crippen molar-refractivity contribution in [3.05, 3.63) is 82.1 Å². The SMILES string of the molecule is O=C(NCCNC(=O)c1cnn(-c2ccc(Cl)cc2)c1)c1ccc(Cl)cc1. The van der Waals surface area contributed by atoms with Gasteiger partial charge in [0.1, 0.15) is 0 Å². The molecule has 0 unspecified atom stereocenters. The lowest BCUT2D eigenvalue weighted by Crippen LogP contribution is -2.34. The maximum Gasteiger partial charge on any atom is 0.254 e. The van der Waals surface area contributed by atoms with E-state index in [0.717, 1.165) is 5.69 Å². The average Bonchev–Trinajstić information content (AvgIpc) is 3.16. The number of nitrogens with zero attached hydrogens (tertiary/aromatic N) is 2. The maximum atomic E-state index is 12.2. The molecule has 27 heavy (non-hydrogen) atoms. The van der Waals surface area contributed by atoms with Crippen LogP contribution in [0.2, 0.25) is 10.0 Å². The monoisotopic (exact) mass is 402 g/mol. The van der Waals surface area contributed by atoms with Crippen LogP contribution in [0, 0.1) is 0 Å². The summed E-state index contributed by atoms with van der Waals surface area (Å²) in [5.74, 6) is -0.493. The zero-order valence-corrected chi connectivity index (χ0v) is 15.7. The van der Waals surface area contributed by atoms with Crippen LogP contribution in [0.4, 0.5) is 0 Å². The van der Waals surface area contributed by atoms with Gasteiger partial charge in [0, 0.05) is 34.9 Å². The third kappa shape index (κ3) is 5.09. The van der Waals surface area contributed by atoms with Gasteiger partial charge in [0.25, 0.3) is 11.8 Å². The highest BCUT2D eigenvalue weighted by Gasteiger charge is 2.10. The molecule has 2 aromatic carbocycles. The highest BCUT2D eigenvalue weighted by molar-refractivity contribution is 6.30. The molecule has 6 nitrogen and oxygen atoms in total. The van der Waals surface area contributed by atoms with E-state index >= 15 is 0 Å². The number of carbonyl (C=O) groups excluding carboxylic acids is 2. The van der Waals surface area contributed by atoms with Crippen LogP contribution in [0.25, 0.3) is 5.69 Å². The molecule has 0 spiro atoms. The Kier molecular flexibility index (Phi) is 6.11. The minimum Gasteiger partial charge on any atom is -0.350 e. The first-order valence-electron chi connectivity index (χ1n) is 8.15. The smallest absolute Gasteiger partial charge is 0.254 e. The van der Waals surface area contributed by atoms with E-state index < -0.39 is 0 Å². The fourth-order valence-electron chi connectivity index (χ4n) is 2.33. The van der Waals surface area contributed by atoms with Crippen LogP contribution >= 0.6 is 23.2 Å². The molecular weight excluding hydrogens is 387 g/mol. The van der Waals surface area contributed by atoms with E-state index in [4.69, 9.17) is 23.2 Å². The van der Waals surface area contributed by atoms with Crippen LogP contribution < -0.4 is 10.6 Å². The molecular formula is C19H16Cl2N4O2. The molecule has 8 heteroatoms. The van der Waals surface area contributed by atoms with Crippen molar-refractivity contribution in [3.8, 4) is 5.69 Å². The number of hydrogen-bond donors (Lipinski definition) is 2. The van der Waals surface area contributed by atoms with Crippen LogP contribution in [0.3, 0.4) is 0 Å². The van der Waals surface area contributed by atoms with Crippen molar-refractivity contribution in [2.75, 3.05) is 13.1 Å². The molecule has 0 saturated carbocycles. The van der Waals surface area contributed by atoms with Crippen molar-refractivity contribution >= 4 is 35.0 Å². The second kappa shape index (κ2) is 8.70. The summed E-state index contributed by atoms with van der Waals surface area (Å²) in [6, 6.07) is 13.7. The minimum absolute atomic E-state index is 0.225. The van der Waals surface area contributed by atoms with Gasteiger partial charge in [0.2, 0.25) is 0 Å². The number of carbonyl (C=O) groups is 2. The Hall–Kier alpha value is -2.83. The topological polar surface area (TPSA) is 76.0 Å². The van der Waals surface area contributed by atoms with Crippen molar-refractivity contribution in [1.29, 1.82) is 0 Å². The predicted molar refractivity (Wildman–Crippen MR) is 105 cm³/mol. The Balaban J connectivity index is 1.47. The number of hydrogen-bond acceptors (Lipinski definition) is 3. The zero-order valence-electron chi connectivity index (χ0n) is 14.2. The molecule has 138 valence electrons. The van der Waals surface area contributed by atoms with Gasteiger partial charge in [-0.2, -0.15) is 5.10 Å². The van der Waals surface area contributed by atoms with Gasteiger partial charge < -0.3 is 10.6 Å². The maximum absolute atomic E-state index is 12.2. The molecule has 2 amide bonds. The van der Waals surface area contributed by atoms with Gasteiger partial charge >= 0.3 is 0 Å². The zero-order chi connectivity index (χ0) is 19.2. The predicted octanol–water partition coefficient (Wildman–Crippen LogP) is 3.34. The third-order valence-corrected chi connectivity index (χ3v) is 4.24. The molecule has 0 radical (unpaired) electrons. The van der Waals surface area contributed by atoms with E-state index in [2.05, 4.69) is 15.7 Å². The standard InChI is InChI=1S/C19H16Cl2N4O2/c20-15-3-1-13(2-4-15)18(26)22-9-10-23-19(27)14-11-24-25(12-14)17-7-5-16(21)6-8-17/h1-8,11-12H,9-10H2,(H,22,26)(H,23,27). The van der Waals surface area contributed by atoms with E-state index in [1.165, 1.54) is 6.20 Å². The van der Waals surface area contributed by atoms with Crippen LogP contribution in [-0.2, 0) is 0 Å². The van der Waals surface area contributed by atoms with Gasteiger partial charge in [-0.05, 0) is 48.5 Å². The van der Waals surface area contributed by atoms with Gasteiger partial charge in [-0.3, -0.25) is 9.59 Å². The van der Waals surface area contributed by atoms with Gasteiger partial charge in [-0.15, -0.1) is 0 Å². The molecule has 3 aromatic rings. The van der Waals surface area contributed by atoms with Crippen molar-refractivity contribution < 1.29 is 9.59 Å². The van der Waals surface area contributed by atoms with E-state index in [0.29, 0.717) is 34.3 Å². The van der Waals surface area contributed by atoms with Crippen LogP contribution in [0.5, 0.6) is 0 Å². The lowest BCUT2D eigenvalue weighted by atomic mass is 10.2. The van der Waals surface area contributed by atoms with Crippen molar-refractivity contribution in [2.24, 2.45) is 0 Å². The Bertz CT molecular complexity index is 937. The molecule has 0 aliphatic rings. The molecule has 0 fully saturated rings. The summed E-state index contributed by atoms with van der Waals surface area (Å²) >= 11 is 11.7. The number of nitrogens with one attached hydrogen (secondary N) is 2. The summed E-state index contributed by atoms with van der Waals surface area (Å²) in [7, 11) is 0. The largest absolute Gasteiger partial charge is 0.350 e. The van der Waals surface area contributed by atoms with Crippen molar-refractivity contribution in [1.82, 2.24) is 20.4 Å². The molecule has 0 bridgehead atoms. The Morgan fingerprint density at radius 1 is 0.815 bits per heavy atom. The second-order valence-electron chi connectivity index (χ2n) is 5.67. The summed E-state index contributed by atoms with van der Waals surface area (Å²) in [6.07, 6.45) is 3.11. The summed E-state index contributed by atoms with van der Waals surface area (Å²) in [6.45, 7) is 0.600. The molecule has 0 atom stereocenters.